The Hall–Kier alpha value is -5.28. The molecule has 0 aliphatic heterocycles. The maximum absolute atomic E-state index is 4.75. The molecule has 3 heterocycles. The van der Waals surface area contributed by atoms with Gasteiger partial charge in [-0.3, -0.25) is 9.97 Å². The van der Waals surface area contributed by atoms with E-state index < -0.39 is 0 Å². The Balaban J connectivity index is 1.31. The van der Waals surface area contributed by atoms with Crippen molar-refractivity contribution in [1.82, 2.24) is 14.5 Å². The van der Waals surface area contributed by atoms with E-state index in [-0.39, 0.29) is 0 Å². The maximum atomic E-state index is 4.75. The van der Waals surface area contributed by atoms with Crippen LogP contribution in [0.4, 0.5) is 0 Å². The summed E-state index contributed by atoms with van der Waals surface area (Å²) >= 11 is 0. The topological polar surface area (TPSA) is 30.7 Å². The molecule has 0 fully saturated rings. The fourth-order valence-electron chi connectivity index (χ4n) is 6.70. The predicted octanol–water partition coefficient (Wildman–Crippen LogP) is 9.12. The van der Waals surface area contributed by atoms with Crippen LogP contribution >= 0.6 is 0 Å². The van der Waals surface area contributed by atoms with Crippen LogP contribution in [0.5, 0.6) is 0 Å². The van der Waals surface area contributed by atoms with E-state index in [4.69, 9.17) is 9.97 Å². The second-order valence-electron chi connectivity index (χ2n) is 10.7. The van der Waals surface area contributed by atoms with E-state index in [2.05, 4.69) is 114 Å². The Morgan fingerprint density at radius 1 is 0.575 bits per heavy atom. The molecule has 9 rings (SSSR count). The van der Waals surface area contributed by atoms with E-state index >= 15 is 0 Å². The normalized spacial score (nSPS) is 12.4. The lowest BCUT2D eigenvalue weighted by molar-refractivity contribution is 1.17. The highest BCUT2D eigenvalue weighted by molar-refractivity contribution is 6.12. The van der Waals surface area contributed by atoms with E-state index in [0.717, 1.165) is 45.0 Å². The summed E-state index contributed by atoms with van der Waals surface area (Å²) in [6.07, 6.45) is 4.76. The fourth-order valence-corrected chi connectivity index (χ4v) is 6.70. The lowest BCUT2D eigenvalue weighted by atomic mass is 9.98. The molecular formula is C37H23N3. The van der Waals surface area contributed by atoms with Crippen LogP contribution in [-0.4, -0.2) is 14.5 Å². The van der Waals surface area contributed by atoms with Crippen molar-refractivity contribution < 1.29 is 0 Å². The van der Waals surface area contributed by atoms with Gasteiger partial charge in [-0.1, -0.05) is 66.7 Å². The Morgan fingerprint density at radius 2 is 1.45 bits per heavy atom. The fraction of sp³-hybridized carbons (Fsp3) is 0.0270. The second-order valence-corrected chi connectivity index (χ2v) is 10.7. The molecule has 3 nitrogen and oxygen atoms in total. The summed E-state index contributed by atoms with van der Waals surface area (Å²) in [5.74, 6) is 0. The van der Waals surface area contributed by atoms with Crippen molar-refractivity contribution in [3.8, 4) is 27.9 Å². The molecule has 8 aromatic rings. The number of pyridine rings is 2. The number of fused-ring (bicyclic) bond motifs is 9. The third-order valence-electron chi connectivity index (χ3n) is 8.46. The Morgan fingerprint density at radius 3 is 2.45 bits per heavy atom. The predicted molar refractivity (Wildman–Crippen MR) is 165 cm³/mol. The third kappa shape index (κ3) is 3.00. The van der Waals surface area contributed by atoms with Crippen LogP contribution in [0, 0.1) is 0 Å². The molecule has 0 unspecified atom stereocenters. The van der Waals surface area contributed by atoms with E-state index in [1.165, 1.54) is 44.1 Å². The van der Waals surface area contributed by atoms with Gasteiger partial charge in [0.2, 0.25) is 0 Å². The number of hydrogen-bond donors (Lipinski definition) is 0. The lowest BCUT2D eigenvalue weighted by Crippen LogP contribution is -1.95. The van der Waals surface area contributed by atoms with Gasteiger partial charge in [0.05, 0.1) is 22.1 Å². The van der Waals surface area contributed by atoms with E-state index in [0.29, 0.717) is 0 Å². The van der Waals surface area contributed by atoms with Gasteiger partial charge in [-0.05, 0) is 88.3 Å². The molecule has 0 amide bonds. The zero-order valence-electron chi connectivity index (χ0n) is 21.7. The molecule has 0 atom stereocenters. The highest BCUT2D eigenvalue weighted by Crippen LogP contribution is 2.42. The van der Waals surface area contributed by atoms with Crippen molar-refractivity contribution in [2.24, 2.45) is 0 Å². The van der Waals surface area contributed by atoms with Crippen molar-refractivity contribution in [2.75, 3.05) is 0 Å². The SMILES string of the molecule is c1cc(-c2cccc3ncc4cccnc4c23)cc(-n2c3ccccc3c3cc4c(cc32)Cc2ccccc2-4)c1. The third-order valence-corrected chi connectivity index (χ3v) is 8.46. The molecule has 0 bridgehead atoms. The highest BCUT2D eigenvalue weighted by atomic mass is 15.0. The molecule has 186 valence electrons. The zero-order valence-corrected chi connectivity index (χ0v) is 21.7. The molecule has 3 heteroatoms. The molecular weight excluding hydrogens is 486 g/mol. The quantitative estimate of drug-likeness (QED) is 0.218. The molecule has 1 aliphatic carbocycles. The first kappa shape index (κ1) is 21.6. The summed E-state index contributed by atoms with van der Waals surface area (Å²) in [6, 6.07) is 41.7. The van der Waals surface area contributed by atoms with Crippen LogP contribution in [0.1, 0.15) is 11.1 Å². The van der Waals surface area contributed by atoms with Crippen LogP contribution < -0.4 is 0 Å². The first-order valence-electron chi connectivity index (χ1n) is 13.7. The first-order valence-corrected chi connectivity index (χ1v) is 13.7. The summed E-state index contributed by atoms with van der Waals surface area (Å²) in [5.41, 5.74) is 13.4. The number of hydrogen-bond acceptors (Lipinski definition) is 2. The monoisotopic (exact) mass is 509 g/mol. The number of aromatic nitrogens is 3. The van der Waals surface area contributed by atoms with Crippen LogP contribution in [0.2, 0.25) is 0 Å². The van der Waals surface area contributed by atoms with Crippen molar-refractivity contribution in [1.29, 1.82) is 0 Å². The Kier molecular flexibility index (Phi) is 4.39. The molecule has 0 radical (unpaired) electrons. The van der Waals surface area contributed by atoms with Crippen LogP contribution in [-0.2, 0) is 6.42 Å². The molecule has 5 aromatic carbocycles. The Labute approximate surface area is 231 Å². The zero-order chi connectivity index (χ0) is 26.2. The number of benzene rings is 5. The van der Waals surface area contributed by atoms with E-state index in [9.17, 15) is 0 Å². The maximum Gasteiger partial charge on any atom is 0.0817 e. The molecule has 0 spiro atoms. The van der Waals surface area contributed by atoms with Gasteiger partial charge in [-0.25, -0.2) is 0 Å². The lowest BCUT2D eigenvalue weighted by Gasteiger charge is -2.13. The summed E-state index contributed by atoms with van der Waals surface area (Å²) in [4.78, 5) is 9.51. The second kappa shape index (κ2) is 8.11. The molecule has 0 saturated heterocycles. The van der Waals surface area contributed by atoms with E-state index in [1.54, 1.807) is 0 Å². The Bertz CT molecular complexity index is 2310. The van der Waals surface area contributed by atoms with Crippen LogP contribution in [0.15, 0.2) is 128 Å². The summed E-state index contributed by atoms with van der Waals surface area (Å²) in [6.45, 7) is 0. The standard InChI is InChI=1S/C37H23N3/c1-2-12-28-23(8-1)18-26-20-35-32(21-31(26)28)30-13-3-4-16-34(30)40(35)27-11-5-9-24(19-27)29-14-6-15-33-36(29)37-25(22-39-33)10-7-17-38-37/h1-17,19-22H,18H2. The average molecular weight is 510 g/mol. The van der Waals surface area contributed by atoms with Crippen molar-refractivity contribution in [3.63, 3.8) is 0 Å². The minimum atomic E-state index is 0.959. The van der Waals surface area contributed by atoms with Crippen molar-refractivity contribution >= 4 is 43.6 Å². The smallest absolute Gasteiger partial charge is 0.0817 e. The van der Waals surface area contributed by atoms with E-state index in [1.807, 2.05) is 18.5 Å². The van der Waals surface area contributed by atoms with Gasteiger partial charge in [0.15, 0.2) is 0 Å². The van der Waals surface area contributed by atoms with Gasteiger partial charge < -0.3 is 4.57 Å². The number of nitrogens with zero attached hydrogens (tertiary/aromatic N) is 3. The van der Waals surface area contributed by atoms with Crippen LogP contribution in [0.3, 0.4) is 0 Å². The summed E-state index contributed by atoms with van der Waals surface area (Å²) < 4.78 is 2.43. The molecule has 0 N–H and O–H groups in total. The van der Waals surface area contributed by atoms with Gasteiger partial charge in [-0.2, -0.15) is 0 Å². The number of para-hydroxylation sites is 1. The summed E-state index contributed by atoms with van der Waals surface area (Å²) in [7, 11) is 0. The van der Waals surface area contributed by atoms with Gasteiger partial charge >= 0.3 is 0 Å². The highest BCUT2D eigenvalue weighted by Gasteiger charge is 2.22. The number of rotatable bonds is 2. The molecule has 40 heavy (non-hydrogen) atoms. The largest absolute Gasteiger partial charge is 0.309 e. The van der Waals surface area contributed by atoms with Crippen molar-refractivity contribution in [3.05, 3.63) is 139 Å². The molecule has 3 aromatic heterocycles. The summed E-state index contributed by atoms with van der Waals surface area (Å²) in [5, 5.41) is 4.71. The minimum absolute atomic E-state index is 0.959. The van der Waals surface area contributed by atoms with Gasteiger partial charge in [-0.15, -0.1) is 0 Å². The van der Waals surface area contributed by atoms with Gasteiger partial charge in [0.25, 0.3) is 0 Å². The molecule has 1 aliphatic rings. The first-order chi connectivity index (χ1) is 19.8. The average Bonchev–Trinajstić information content (AvgIpc) is 3.54. The van der Waals surface area contributed by atoms with Gasteiger partial charge in [0.1, 0.15) is 0 Å². The minimum Gasteiger partial charge on any atom is -0.309 e. The van der Waals surface area contributed by atoms with Crippen molar-refractivity contribution in [2.45, 2.75) is 6.42 Å². The molecule has 0 saturated carbocycles. The van der Waals surface area contributed by atoms with Crippen LogP contribution in [0.25, 0.3) is 71.6 Å². The van der Waals surface area contributed by atoms with Gasteiger partial charge in [0, 0.05) is 39.6 Å².